The van der Waals surface area contributed by atoms with Gasteiger partial charge in [0.15, 0.2) is 0 Å². The first kappa shape index (κ1) is 10.9. The van der Waals surface area contributed by atoms with E-state index in [0.717, 1.165) is 19.3 Å². The highest BCUT2D eigenvalue weighted by Gasteiger charge is 2.60. The number of halogens is 3. The minimum absolute atomic E-state index is 0.300. The maximum atomic E-state index is 12.4. The minimum atomic E-state index is -4.02. The van der Waals surface area contributed by atoms with E-state index in [-0.39, 0.29) is 0 Å². The average Bonchev–Trinajstić information content (AvgIpc) is 2.61. The third kappa shape index (κ3) is 2.00. The summed E-state index contributed by atoms with van der Waals surface area (Å²) < 4.78 is 37.2. The van der Waals surface area contributed by atoms with Crippen molar-refractivity contribution in [1.82, 2.24) is 0 Å². The Kier molecular flexibility index (Phi) is 2.65. The summed E-state index contributed by atoms with van der Waals surface area (Å²) >= 11 is 0. The third-order valence-electron chi connectivity index (χ3n) is 3.58. The molecule has 1 rings (SSSR count). The lowest BCUT2D eigenvalue weighted by Crippen LogP contribution is -2.28. The molecule has 0 aromatic heterocycles. The molecule has 0 heterocycles. The van der Waals surface area contributed by atoms with Crippen LogP contribution >= 0.6 is 0 Å². The Bertz CT molecular complexity index is 185. The van der Waals surface area contributed by atoms with Crippen LogP contribution in [0, 0.1) is 17.3 Å². The molecule has 0 aliphatic heterocycles. The van der Waals surface area contributed by atoms with Gasteiger partial charge in [-0.3, -0.25) is 0 Å². The summed E-state index contributed by atoms with van der Waals surface area (Å²) in [5.41, 5.74) is -0.464. The van der Waals surface area contributed by atoms with Crippen molar-refractivity contribution in [3.8, 4) is 0 Å². The molecule has 0 radical (unpaired) electrons. The van der Waals surface area contributed by atoms with Crippen LogP contribution in [0.1, 0.15) is 40.0 Å². The van der Waals surface area contributed by atoms with Gasteiger partial charge < -0.3 is 0 Å². The first-order chi connectivity index (χ1) is 5.82. The molecule has 3 heteroatoms. The van der Waals surface area contributed by atoms with Crippen LogP contribution in [0.4, 0.5) is 13.2 Å². The Balaban J connectivity index is 2.55. The fourth-order valence-electron chi connectivity index (χ4n) is 2.16. The monoisotopic (exact) mass is 194 g/mol. The Labute approximate surface area is 77.5 Å². The van der Waals surface area contributed by atoms with Crippen molar-refractivity contribution >= 4 is 0 Å². The van der Waals surface area contributed by atoms with Crippen molar-refractivity contribution in [2.45, 2.75) is 46.2 Å². The van der Waals surface area contributed by atoms with E-state index >= 15 is 0 Å². The van der Waals surface area contributed by atoms with Gasteiger partial charge in [0.25, 0.3) is 0 Å². The van der Waals surface area contributed by atoms with E-state index in [0.29, 0.717) is 5.92 Å². The zero-order chi connectivity index (χ0) is 10.3. The van der Waals surface area contributed by atoms with E-state index in [1.54, 1.807) is 6.92 Å². The summed E-state index contributed by atoms with van der Waals surface area (Å²) in [6.07, 6.45) is -1.33. The topological polar surface area (TPSA) is 0 Å². The SMILES string of the molecule is CCCC1CC1(C)C(C)C(F)(F)F. The molecule has 1 saturated carbocycles. The molecule has 0 aromatic rings. The van der Waals surface area contributed by atoms with Gasteiger partial charge in [-0.2, -0.15) is 13.2 Å². The molecule has 0 N–H and O–H groups in total. The molecule has 1 aliphatic carbocycles. The van der Waals surface area contributed by atoms with E-state index in [1.165, 1.54) is 6.92 Å². The van der Waals surface area contributed by atoms with Crippen molar-refractivity contribution in [3.05, 3.63) is 0 Å². The molecule has 0 spiro atoms. The summed E-state index contributed by atoms with van der Waals surface area (Å²) in [5.74, 6) is -0.842. The van der Waals surface area contributed by atoms with Crippen LogP contribution in [0.3, 0.4) is 0 Å². The van der Waals surface area contributed by atoms with Crippen LogP contribution in [0.5, 0.6) is 0 Å². The van der Waals surface area contributed by atoms with Gasteiger partial charge in [0.05, 0.1) is 5.92 Å². The zero-order valence-corrected chi connectivity index (χ0v) is 8.41. The number of hydrogen-bond acceptors (Lipinski definition) is 0. The molecule has 1 fully saturated rings. The Morgan fingerprint density at radius 1 is 1.46 bits per heavy atom. The number of hydrogen-bond donors (Lipinski definition) is 0. The molecular weight excluding hydrogens is 177 g/mol. The van der Waals surface area contributed by atoms with Gasteiger partial charge in [-0.25, -0.2) is 0 Å². The number of alkyl halides is 3. The van der Waals surface area contributed by atoms with Crippen molar-refractivity contribution in [1.29, 1.82) is 0 Å². The zero-order valence-electron chi connectivity index (χ0n) is 8.41. The van der Waals surface area contributed by atoms with Crippen molar-refractivity contribution in [3.63, 3.8) is 0 Å². The van der Waals surface area contributed by atoms with Gasteiger partial charge in [0.1, 0.15) is 0 Å². The normalized spacial score (nSPS) is 36.0. The van der Waals surface area contributed by atoms with Gasteiger partial charge in [-0.15, -0.1) is 0 Å². The van der Waals surface area contributed by atoms with Crippen LogP contribution in [0.15, 0.2) is 0 Å². The quantitative estimate of drug-likeness (QED) is 0.636. The van der Waals surface area contributed by atoms with Crippen LogP contribution in [-0.4, -0.2) is 6.18 Å². The number of rotatable bonds is 3. The minimum Gasteiger partial charge on any atom is -0.171 e. The van der Waals surface area contributed by atoms with E-state index in [4.69, 9.17) is 0 Å². The summed E-state index contributed by atoms with van der Waals surface area (Å²) in [6, 6.07) is 0. The smallest absolute Gasteiger partial charge is 0.171 e. The van der Waals surface area contributed by atoms with Gasteiger partial charge >= 0.3 is 6.18 Å². The molecule has 1 aliphatic rings. The van der Waals surface area contributed by atoms with E-state index < -0.39 is 17.5 Å². The van der Waals surface area contributed by atoms with E-state index in [9.17, 15) is 13.2 Å². The van der Waals surface area contributed by atoms with Crippen LogP contribution in [0.25, 0.3) is 0 Å². The fourth-order valence-corrected chi connectivity index (χ4v) is 2.16. The molecule has 78 valence electrons. The Morgan fingerprint density at radius 2 is 2.00 bits per heavy atom. The highest BCUT2D eigenvalue weighted by Crippen LogP contribution is 2.62. The summed E-state index contributed by atoms with van der Waals surface area (Å²) in [6.45, 7) is 5.11. The molecule has 13 heavy (non-hydrogen) atoms. The lowest BCUT2D eigenvalue weighted by atomic mass is 9.88. The van der Waals surface area contributed by atoms with Gasteiger partial charge in [0, 0.05) is 0 Å². The third-order valence-corrected chi connectivity index (χ3v) is 3.58. The summed E-state index contributed by atoms with van der Waals surface area (Å²) in [4.78, 5) is 0. The predicted molar refractivity (Wildman–Crippen MR) is 46.3 cm³/mol. The molecule has 0 saturated heterocycles. The molecule has 0 nitrogen and oxygen atoms in total. The Morgan fingerprint density at radius 3 is 2.38 bits per heavy atom. The van der Waals surface area contributed by atoms with Gasteiger partial charge in [-0.05, 0) is 17.8 Å². The lowest BCUT2D eigenvalue weighted by molar-refractivity contribution is -0.187. The van der Waals surface area contributed by atoms with E-state index in [2.05, 4.69) is 0 Å². The molecule has 0 bridgehead atoms. The maximum Gasteiger partial charge on any atom is 0.392 e. The van der Waals surface area contributed by atoms with E-state index in [1.807, 2.05) is 6.92 Å². The second-order valence-electron chi connectivity index (χ2n) is 4.46. The van der Waals surface area contributed by atoms with Crippen LogP contribution in [-0.2, 0) is 0 Å². The maximum absolute atomic E-state index is 12.4. The standard InChI is InChI=1S/C10H17F3/c1-4-5-8-6-9(8,3)7(2)10(11,12)13/h7-8H,4-6H2,1-3H3. The van der Waals surface area contributed by atoms with Crippen LogP contribution in [0.2, 0.25) is 0 Å². The predicted octanol–water partition coefficient (Wildman–Crippen LogP) is 4.01. The molecule has 0 amide bonds. The first-order valence-electron chi connectivity index (χ1n) is 4.89. The molecule has 3 atom stereocenters. The summed E-state index contributed by atoms with van der Waals surface area (Å²) in [5, 5.41) is 0. The molecule has 3 unspecified atom stereocenters. The van der Waals surface area contributed by atoms with Gasteiger partial charge in [-0.1, -0.05) is 33.6 Å². The summed E-state index contributed by atoms with van der Waals surface area (Å²) in [7, 11) is 0. The first-order valence-corrected chi connectivity index (χ1v) is 4.89. The fraction of sp³-hybridized carbons (Fsp3) is 1.00. The van der Waals surface area contributed by atoms with Crippen molar-refractivity contribution < 1.29 is 13.2 Å². The lowest BCUT2D eigenvalue weighted by Gasteiger charge is -2.23. The average molecular weight is 194 g/mol. The van der Waals surface area contributed by atoms with Crippen molar-refractivity contribution in [2.75, 3.05) is 0 Å². The second kappa shape index (κ2) is 3.18. The highest BCUT2D eigenvalue weighted by molar-refractivity contribution is 5.03. The Hall–Kier alpha value is -0.210. The van der Waals surface area contributed by atoms with Crippen molar-refractivity contribution in [2.24, 2.45) is 17.3 Å². The molecular formula is C10H17F3. The highest BCUT2D eigenvalue weighted by atomic mass is 19.4. The van der Waals surface area contributed by atoms with Crippen LogP contribution < -0.4 is 0 Å². The second-order valence-corrected chi connectivity index (χ2v) is 4.46. The molecule has 0 aromatic carbocycles. The van der Waals surface area contributed by atoms with Gasteiger partial charge in [0.2, 0.25) is 0 Å². The largest absolute Gasteiger partial charge is 0.392 e.